The molecule has 1 aliphatic rings. The summed E-state index contributed by atoms with van der Waals surface area (Å²) < 4.78 is 0. The minimum atomic E-state index is -0.112. The molecule has 2 N–H and O–H groups in total. The van der Waals surface area contributed by atoms with Crippen molar-refractivity contribution in [1.29, 1.82) is 0 Å². The Morgan fingerprint density at radius 1 is 1.17 bits per heavy atom. The molecule has 1 saturated heterocycles. The fraction of sp³-hybridized carbons (Fsp3) is 0.556. The molecule has 6 nitrogen and oxygen atoms in total. The second-order valence-electron chi connectivity index (χ2n) is 6.54. The SMILES string of the molecule is CC[C@@H](NC(=O)N1CCN(C(=O)c2cccc(O)c2)CC1)C(C)C. The maximum atomic E-state index is 12.4. The molecule has 3 amide bonds. The fourth-order valence-corrected chi connectivity index (χ4v) is 2.92. The molecule has 1 aromatic rings. The van der Waals surface area contributed by atoms with Gasteiger partial charge in [-0.1, -0.05) is 26.8 Å². The van der Waals surface area contributed by atoms with Gasteiger partial charge in [-0.25, -0.2) is 4.79 Å². The standard InChI is InChI=1S/C18H27N3O3/c1-4-16(13(2)3)19-18(24)21-10-8-20(9-11-21)17(23)14-6-5-7-15(22)12-14/h5-7,12-13,16,22H,4,8-11H2,1-3H3,(H,19,24)/t16-/m1/s1. The highest BCUT2D eigenvalue weighted by molar-refractivity contribution is 5.94. The van der Waals surface area contributed by atoms with Crippen LogP contribution >= 0.6 is 0 Å². The van der Waals surface area contributed by atoms with Gasteiger partial charge >= 0.3 is 6.03 Å². The maximum Gasteiger partial charge on any atom is 0.317 e. The number of piperazine rings is 1. The highest BCUT2D eigenvalue weighted by atomic mass is 16.3. The van der Waals surface area contributed by atoms with E-state index in [9.17, 15) is 14.7 Å². The van der Waals surface area contributed by atoms with Gasteiger partial charge in [0.25, 0.3) is 5.91 Å². The minimum Gasteiger partial charge on any atom is -0.508 e. The predicted molar refractivity (Wildman–Crippen MR) is 93.0 cm³/mol. The van der Waals surface area contributed by atoms with Crippen molar-refractivity contribution < 1.29 is 14.7 Å². The number of carbonyl (C=O) groups is 2. The summed E-state index contributed by atoms with van der Waals surface area (Å²) in [6, 6.07) is 6.47. The van der Waals surface area contributed by atoms with Crippen molar-refractivity contribution in [3.05, 3.63) is 29.8 Å². The summed E-state index contributed by atoms with van der Waals surface area (Å²) in [7, 11) is 0. The molecule has 0 bridgehead atoms. The average Bonchev–Trinajstić information content (AvgIpc) is 2.58. The second-order valence-corrected chi connectivity index (χ2v) is 6.54. The van der Waals surface area contributed by atoms with Crippen molar-refractivity contribution in [2.45, 2.75) is 33.2 Å². The minimum absolute atomic E-state index is 0.0556. The van der Waals surface area contributed by atoms with Crippen LogP contribution in [0.3, 0.4) is 0 Å². The number of amides is 3. The van der Waals surface area contributed by atoms with Crippen LogP contribution in [-0.4, -0.2) is 59.1 Å². The fourth-order valence-electron chi connectivity index (χ4n) is 2.92. The Morgan fingerprint density at radius 3 is 2.33 bits per heavy atom. The molecule has 0 saturated carbocycles. The van der Waals surface area contributed by atoms with E-state index in [1.807, 2.05) is 0 Å². The van der Waals surface area contributed by atoms with Gasteiger partial charge in [-0.3, -0.25) is 4.79 Å². The molecule has 0 aliphatic carbocycles. The zero-order valence-corrected chi connectivity index (χ0v) is 14.7. The molecule has 1 heterocycles. The van der Waals surface area contributed by atoms with Crippen LogP contribution in [0.15, 0.2) is 24.3 Å². The number of rotatable bonds is 4. The number of carbonyl (C=O) groups excluding carboxylic acids is 2. The summed E-state index contributed by atoms with van der Waals surface area (Å²) in [4.78, 5) is 28.3. The van der Waals surface area contributed by atoms with Crippen molar-refractivity contribution in [2.24, 2.45) is 5.92 Å². The van der Waals surface area contributed by atoms with Gasteiger partial charge in [0.15, 0.2) is 0 Å². The van der Waals surface area contributed by atoms with Gasteiger partial charge in [-0.2, -0.15) is 0 Å². The first-order chi connectivity index (χ1) is 11.4. The Balaban J connectivity index is 1.89. The van der Waals surface area contributed by atoms with Gasteiger partial charge in [0, 0.05) is 37.8 Å². The van der Waals surface area contributed by atoms with Crippen molar-refractivity contribution in [3.8, 4) is 5.75 Å². The summed E-state index contributed by atoms with van der Waals surface area (Å²) in [6.45, 7) is 8.30. The molecule has 1 fully saturated rings. The van der Waals surface area contributed by atoms with Crippen LogP contribution in [0.5, 0.6) is 5.75 Å². The lowest BCUT2D eigenvalue weighted by Gasteiger charge is -2.36. The number of hydrogen-bond acceptors (Lipinski definition) is 3. The second kappa shape index (κ2) is 8.04. The van der Waals surface area contributed by atoms with E-state index >= 15 is 0 Å². The van der Waals surface area contributed by atoms with Crippen molar-refractivity contribution in [2.75, 3.05) is 26.2 Å². The molecule has 0 spiro atoms. The predicted octanol–water partition coefficient (Wildman–Crippen LogP) is 2.29. The third-order valence-corrected chi connectivity index (χ3v) is 4.50. The molecular weight excluding hydrogens is 306 g/mol. The van der Waals surface area contributed by atoms with Crippen LogP contribution in [0.2, 0.25) is 0 Å². The molecule has 132 valence electrons. The summed E-state index contributed by atoms with van der Waals surface area (Å²) in [5.74, 6) is 0.366. The molecule has 2 rings (SSSR count). The lowest BCUT2D eigenvalue weighted by atomic mass is 10.0. The number of nitrogens with one attached hydrogen (secondary N) is 1. The number of phenolic OH excluding ortho intramolecular Hbond substituents is 1. The Kier molecular flexibility index (Phi) is 6.06. The number of aromatic hydroxyl groups is 1. The molecule has 1 aliphatic heterocycles. The molecular formula is C18H27N3O3. The van der Waals surface area contributed by atoms with E-state index in [0.717, 1.165) is 6.42 Å². The number of benzene rings is 1. The van der Waals surface area contributed by atoms with Gasteiger partial charge in [-0.15, -0.1) is 0 Å². The zero-order valence-electron chi connectivity index (χ0n) is 14.7. The van der Waals surface area contributed by atoms with Crippen LogP contribution in [-0.2, 0) is 0 Å². The van der Waals surface area contributed by atoms with E-state index in [-0.39, 0.29) is 23.7 Å². The van der Waals surface area contributed by atoms with Gasteiger partial charge < -0.3 is 20.2 Å². The van der Waals surface area contributed by atoms with Crippen LogP contribution in [0.1, 0.15) is 37.6 Å². The number of phenols is 1. The van der Waals surface area contributed by atoms with E-state index in [1.165, 1.54) is 12.1 Å². The normalized spacial score (nSPS) is 16.2. The first kappa shape index (κ1) is 18.1. The summed E-state index contributed by atoms with van der Waals surface area (Å²) in [6.07, 6.45) is 0.902. The van der Waals surface area contributed by atoms with E-state index in [1.54, 1.807) is 21.9 Å². The highest BCUT2D eigenvalue weighted by Crippen LogP contribution is 2.15. The Morgan fingerprint density at radius 2 is 1.79 bits per heavy atom. The first-order valence-corrected chi connectivity index (χ1v) is 8.56. The van der Waals surface area contributed by atoms with Gasteiger partial charge in [0.2, 0.25) is 0 Å². The van der Waals surface area contributed by atoms with Crippen molar-refractivity contribution in [1.82, 2.24) is 15.1 Å². The smallest absolute Gasteiger partial charge is 0.317 e. The van der Waals surface area contributed by atoms with E-state index in [2.05, 4.69) is 26.1 Å². The Hall–Kier alpha value is -2.24. The summed E-state index contributed by atoms with van der Waals surface area (Å²) in [5.41, 5.74) is 0.471. The zero-order chi connectivity index (χ0) is 17.7. The number of urea groups is 1. The van der Waals surface area contributed by atoms with Gasteiger partial charge in [0.1, 0.15) is 5.75 Å². The Bertz CT molecular complexity index is 581. The van der Waals surface area contributed by atoms with Crippen LogP contribution in [0.25, 0.3) is 0 Å². The molecule has 0 aromatic heterocycles. The largest absolute Gasteiger partial charge is 0.508 e. The summed E-state index contributed by atoms with van der Waals surface area (Å²) >= 11 is 0. The Labute approximate surface area is 143 Å². The molecule has 1 aromatic carbocycles. The maximum absolute atomic E-state index is 12.4. The molecule has 6 heteroatoms. The van der Waals surface area contributed by atoms with E-state index < -0.39 is 0 Å². The summed E-state index contributed by atoms with van der Waals surface area (Å²) in [5, 5.41) is 12.6. The monoisotopic (exact) mass is 333 g/mol. The van der Waals surface area contributed by atoms with E-state index in [0.29, 0.717) is 37.7 Å². The lowest BCUT2D eigenvalue weighted by molar-refractivity contribution is 0.0662. The van der Waals surface area contributed by atoms with Crippen molar-refractivity contribution in [3.63, 3.8) is 0 Å². The van der Waals surface area contributed by atoms with Crippen LogP contribution in [0.4, 0.5) is 4.79 Å². The van der Waals surface area contributed by atoms with Crippen molar-refractivity contribution >= 4 is 11.9 Å². The van der Waals surface area contributed by atoms with E-state index in [4.69, 9.17) is 0 Å². The topological polar surface area (TPSA) is 72.9 Å². The third-order valence-electron chi connectivity index (χ3n) is 4.50. The molecule has 0 unspecified atom stereocenters. The molecule has 24 heavy (non-hydrogen) atoms. The average molecular weight is 333 g/mol. The third kappa shape index (κ3) is 4.40. The van der Waals surface area contributed by atoms with Gasteiger partial charge in [0.05, 0.1) is 0 Å². The van der Waals surface area contributed by atoms with Crippen LogP contribution in [0, 0.1) is 5.92 Å². The first-order valence-electron chi connectivity index (χ1n) is 8.56. The van der Waals surface area contributed by atoms with Crippen LogP contribution < -0.4 is 5.32 Å². The highest BCUT2D eigenvalue weighted by Gasteiger charge is 2.26. The lowest BCUT2D eigenvalue weighted by Crippen LogP contribution is -2.55. The molecule has 0 radical (unpaired) electrons. The number of hydrogen-bond donors (Lipinski definition) is 2. The van der Waals surface area contributed by atoms with Gasteiger partial charge in [-0.05, 0) is 30.5 Å². The quantitative estimate of drug-likeness (QED) is 0.888. The molecule has 1 atom stereocenters. The number of nitrogens with zero attached hydrogens (tertiary/aromatic N) is 2.